The molecule has 2 heterocycles. The SMILES string of the molecule is CCCCC(CC(=O)NO)C(=O)N1CC2(CC2)CC1C(=O)Nc1ccno1. The van der Waals surface area contributed by atoms with Crippen molar-refractivity contribution in [1.82, 2.24) is 15.5 Å². The Labute approximate surface area is 157 Å². The molecular weight excluding hydrogens is 352 g/mol. The summed E-state index contributed by atoms with van der Waals surface area (Å²) in [5.74, 6) is -1.40. The highest BCUT2D eigenvalue weighted by molar-refractivity contribution is 5.97. The van der Waals surface area contributed by atoms with Gasteiger partial charge in [0.2, 0.25) is 23.6 Å². The number of hydroxylamine groups is 1. The predicted molar refractivity (Wildman–Crippen MR) is 94.5 cm³/mol. The Bertz CT molecular complexity index is 686. The highest BCUT2D eigenvalue weighted by Crippen LogP contribution is 2.55. The van der Waals surface area contributed by atoms with Gasteiger partial charge in [-0.15, -0.1) is 0 Å². The van der Waals surface area contributed by atoms with Gasteiger partial charge in [-0.2, -0.15) is 0 Å². The molecule has 2 aliphatic rings. The molecule has 1 saturated heterocycles. The number of rotatable bonds is 8. The number of likely N-dealkylation sites (tertiary alicyclic amines) is 1. The second-order valence-electron chi connectivity index (χ2n) is 7.63. The van der Waals surface area contributed by atoms with Crippen LogP contribution in [0.25, 0.3) is 0 Å². The zero-order valence-corrected chi connectivity index (χ0v) is 15.4. The highest BCUT2D eigenvalue weighted by atomic mass is 16.5. The first-order chi connectivity index (χ1) is 13.0. The number of nitrogens with one attached hydrogen (secondary N) is 2. The van der Waals surface area contributed by atoms with Gasteiger partial charge in [0.15, 0.2) is 0 Å². The molecule has 2 fully saturated rings. The molecule has 0 bridgehead atoms. The van der Waals surface area contributed by atoms with Crippen LogP contribution in [0, 0.1) is 11.3 Å². The fourth-order valence-electron chi connectivity index (χ4n) is 3.81. The van der Waals surface area contributed by atoms with Gasteiger partial charge in [0.25, 0.3) is 0 Å². The number of hydrogen-bond acceptors (Lipinski definition) is 6. The Balaban J connectivity index is 1.74. The molecule has 1 spiro atoms. The van der Waals surface area contributed by atoms with E-state index in [-0.39, 0.29) is 29.5 Å². The van der Waals surface area contributed by atoms with Gasteiger partial charge in [-0.1, -0.05) is 24.9 Å². The van der Waals surface area contributed by atoms with Crippen LogP contribution in [-0.4, -0.2) is 45.6 Å². The summed E-state index contributed by atoms with van der Waals surface area (Å²) in [6.07, 6.45) is 6.19. The zero-order chi connectivity index (χ0) is 19.4. The molecule has 1 aliphatic carbocycles. The molecule has 0 radical (unpaired) electrons. The fourth-order valence-corrected chi connectivity index (χ4v) is 3.81. The van der Waals surface area contributed by atoms with E-state index in [4.69, 9.17) is 9.73 Å². The lowest BCUT2D eigenvalue weighted by Gasteiger charge is -2.28. The smallest absolute Gasteiger partial charge is 0.249 e. The van der Waals surface area contributed by atoms with Gasteiger partial charge in [-0.3, -0.25) is 24.9 Å². The minimum absolute atomic E-state index is 0.0215. The van der Waals surface area contributed by atoms with Crippen LogP contribution < -0.4 is 10.8 Å². The molecule has 1 aliphatic heterocycles. The third kappa shape index (κ3) is 4.47. The maximum Gasteiger partial charge on any atom is 0.249 e. The second-order valence-corrected chi connectivity index (χ2v) is 7.63. The summed E-state index contributed by atoms with van der Waals surface area (Å²) in [4.78, 5) is 39.2. The highest BCUT2D eigenvalue weighted by Gasteiger charge is 2.55. The average Bonchev–Trinajstić information content (AvgIpc) is 3.05. The summed E-state index contributed by atoms with van der Waals surface area (Å²) in [5.41, 5.74) is 1.62. The van der Waals surface area contributed by atoms with E-state index in [0.717, 1.165) is 25.7 Å². The normalized spacial score (nSPS) is 21.1. The summed E-state index contributed by atoms with van der Waals surface area (Å²) in [6, 6.07) is 0.952. The van der Waals surface area contributed by atoms with Crippen molar-refractivity contribution < 1.29 is 24.1 Å². The molecular formula is C18H26N4O5. The summed E-state index contributed by atoms with van der Waals surface area (Å²) >= 11 is 0. The predicted octanol–water partition coefficient (Wildman–Crippen LogP) is 1.70. The second kappa shape index (κ2) is 8.08. The first kappa shape index (κ1) is 19.3. The topological polar surface area (TPSA) is 125 Å². The van der Waals surface area contributed by atoms with E-state index in [2.05, 4.69) is 10.5 Å². The number of hydrogen-bond donors (Lipinski definition) is 3. The molecule has 3 amide bonds. The van der Waals surface area contributed by atoms with E-state index < -0.39 is 17.9 Å². The van der Waals surface area contributed by atoms with Gasteiger partial charge in [0, 0.05) is 24.9 Å². The third-order valence-corrected chi connectivity index (χ3v) is 5.55. The van der Waals surface area contributed by atoms with Gasteiger partial charge >= 0.3 is 0 Å². The van der Waals surface area contributed by atoms with Crippen LogP contribution in [0.3, 0.4) is 0 Å². The van der Waals surface area contributed by atoms with Crippen molar-refractivity contribution in [2.24, 2.45) is 11.3 Å². The van der Waals surface area contributed by atoms with E-state index in [1.165, 1.54) is 6.20 Å². The quantitative estimate of drug-likeness (QED) is 0.467. The molecule has 3 N–H and O–H groups in total. The van der Waals surface area contributed by atoms with Crippen LogP contribution in [0.15, 0.2) is 16.8 Å². The molecule has 148 valence electrons. The first-order valence-electron chi connectivity index (χ1n) is 9.43. The number of anilines is 1. The Kier molecular flexibility index (Phi) is 5.79. The molecule has 2 unspecified atom stereocenters. The number of amides is 3. The first-order valence-corrected chi connectivity index (χ1v) is 9.43. The molecule has 1 saturated carbocycles. The molecule has 2 atom stereocenters. The largest absolute Gasteiger partial charge is 0.338 e. The Morgan fingerprint density at radius 2 is 2.22 bits per heavy atom. The van der Waals surface area contributed by atoms with Crippen molar-refractivity contribution in [3.8, 4) is 0 Å². The molecule has 9 nitrogen and oxygen atoms in total. The van der Waals surface area contributed by atoms with Crippen LogP contribution in [0.1, 0.15) is 51.9 Å². The molecule has 0 aromatic carbocycles. The van der Waals surface area contributed by atoms with E-state index in [1.54, 1.807) is 16.4 Å². The van der Waals surface area contributed by atoms with Crippen molar-refractivity contribution in [3.63, 3.8) is 0 Å². The number of carbonyl (C=O) groups excluding carboxylic acids is 3. The fraction of sp³-hybridized carbons (Fsp3) is 0.667. The number of aromatic nitrogens is 1. The minimum atomic E-state index is -0.591. The number of carbonyl (C=O) groups is 3. The minimum Gasteiger partial charge on any atom is -0.338 e. The van der Waals surface area contributed by atoms with Crippen molar-refractivity contribution in [2.45, 2.75) is 57.9 Å². The van der Waals surface area contributed by atoms with Crippen molar-refractivity contribution in [1.29, 1.82) is 0 Å². The summed E-state index contributed by atoms with van der Waals surface area (Å²) in [7, 11) is 0. The molecule has 3 rings (SSSR count). The van der Waals surface area contributed by atoms with Gasteiger partial charge < -0.3 is 9.42 Å². The maximum atomic E-state index is 13.2. The van der Waals surface area contributed by atoms with Crippen molar-refractivity contribution >= 4 is 23.6 Å². The van der Waals surface area contributed by atoms with Gasteiger partial charge in [0.1, 0.15) is 6.04 Å². The number of nitrogens with zero attached hydrogens (tertiary/aromatic N) is 2. The van der Waals surface area contributed by atoms with E-state index in [9.17, 15) is 14.4 Å². The van der Waals surface area contributed by atoms with Gasteiger partial charge in [-0.25, -0.2) is 5.48 Å². The van der Waals surface area contributed by atoms with Gasteiger partial charge in [0.05, 0.1) is 6.20 Å². The molecule has 1 aromatic rings. The van der Waals surface area contributed by atoms with E-state index >= 15 is 0 Å². The zero-order valence-electron chi connectivity index (χ0n) is 15.4. The monoisotopic (exact) mass is 378 g/mol. The lowest BCUT2D eigenvalue weighted by Crippen LogP contribution is -2.46. The van der Waals surface area contributed by atoms with Crippen LogP contribution in [-0.2, 0) is 14.4 Å². The average molecular weight is 378 g/mol. The van der Waals surface area contributed by atoms with Gasteiger partial charge in [-0.05, 0) is 31.1 Å². The van der Waals surface area contributed by atoms with E-state index in [1.807, 2.05) is 6.92 Å². The van der Waals surface area contributed by atoms with Crippen LogP contribution in [0.2, 0.25) is 0 Å². The molecule has 1 aromatic heterocycles. The summed E-state index contributed by atoms with van der Waals surface area (Å²) < 4.78 is 4.93. The Morgan fingerprint density at radius 1 is 1.44 bits per heavy atom. The number of unbranched alkanes of at least 4 members (excludes halogenated alkanes) is 1. The van der Waals surface area contributed by atoms with Crippen LogP contribution in [0.4, 0.5) is 5.88 Å². The third-order valence-electron chi connectivity index (χ3n) is 5.55. The Hall–Kier alpha value is -2.42. The molecule has 27 heavy (non-hydrogen) atoms. The summed E-state index contributed by atoms with van der Waals surface area (Å²) in [6.45, 7) is 2.54. The lowest BCUT2D eigenvalue weighted by molar-refractivity contribution is -0.143. The molecule has 9 heteroatoms. The maximum absolute atomic E-state index is 13.2. The summed E-state index contributed by atoms with van der Waals surface area (Å²) in [5, 5.41) is 15.1. The standard InChI is InChI=1S/C18H26N4O5/c1-2-3-4-12(9-14(23)21-26)17(25)22-11-18(6-7-18)10-13(22)16(24)20-15-5-8-19-27-15/h5,8,12-13,26H,2-4,6-7,9-11H2,1H3,(H,20,24)(H,21,23). The van der Waals surface area contributed by atoms with E-state index in [0.29, 0.717) is 19.4 Å². The van der Waals surface area contributed by atoms with Crippen LogP contribution in [0.5, 0.6) is 0 Å². The Morgan fingerprint density at radius 3 is 2.81 bits per heavy atom. The van der Waals surface area contributed by atoms with Crippen LogP contribution >= 0.6 is 0 Å². The van der Waals surface area contributed by atoms with Crippen molar-refractivity contribution in [3.05, 3.63) is 12.3 Å². The van der Waals surface area contributed by atoms with Crippen molar-refractivity contribution in [2.75, 3.05) is 11.9 Å². The lowest BCUT2D eigenvalue weighted by atomic mass is 9.96.